The van der Waals surface area contributed by atoms with Crippen molar-refractivity contribution < 1.29 is 14.5 Å². The molecule has 0 aliphatic heterocycles. The van der Waals surface area contributed by atoms with Gasteiger partial charge in [0.1, 0.15) is 5.75 Å². The minimum Gasteiger partial charge on any atom is -0.482 e. The van der Waals surface area contributed by atoms with Crippen molar-refractivity contribution in [1.29, 1.82) is 0 Å². The van der Waals surface area contributed by atoms with Crippen LogP contribution in [0.2, 0.25) is 10.0 Å². The zero-order valence-electron chi connectivity index (χ0n) is 13.5. The van der Waals surface area contributed by atoms with Crippen molar-refractivity contribution in [3.05, 3.63) is 68.0 Å². The number of carbonyl (C=O) groups is 1. The van der Waals surface area contributed by atoms with E-state index in [0.29, 0.717) is 32.2 Å². The number of benzene rings is 2. The number of non-ortho nitro benzene ring substituents is 1. The fourth-order valence-electron chi connectivity index (χ4n) is 2.11. The number of carbonyl (C=O) groups excluding carboxylic acids is 1. The first kappa shape index (κ1) is 19.1. The molecule has 0 saturated heterocycles. The van der Waals surface area contributed by atoms with E-state index in [1.54, 1.807) is 29.6 Å². The van der Waals surface area contributed by atoms with Crippen molar-refractivity contribution in [3.63, 3.8) is 0 Å². The van der Waals surface area contributed by atoms with Crippen molar-refractivity contribution in [3.8, 4) is 17.0 Å². The summed E-state index contributed by atoms with van der Waals surface area (Å²) in [6.45, 7) is -0.242. The fourth-order valence-corrected chi connectivity index (χ4v) is 3.31. The SMILES string of the molecule is O=C(COc1ccc(Cl)cc1Cl)Nc1nc(-c2ccc([N+](=O)[O-])cc2)cs1. The molecule has 7 nitrogen and oxygen atoms in total. The highest BCUT2D eigenvalue weighted by molar-refractivity contribution is 7.14. The maximum Gasteiger partial charge on any atom is 0.269 e. The quantitative estimate of drug-likeness (QED) is 0.442. The lowest BCUT2D eigenvalue weighted by Gasteiger charge is -2.07. The predicted molar refractivity (Wildman–Crippen MR) is 105 cm³/mol. The molecule has 3 rings (SSSR count). The fraction of sp³-hybridized carbons (Fsp3) is 0.0588. The molecule has 0 unspecified atom stereocenters. The topological polar surface area (TPSA) is 94.4 Å². The molecule has 0 fully saturated rings. The molecule has 1 aromatic heterocycles. The van der Waals surface area contributed by atoms with Crippen molar-refractivity contribution >= 4 is 51.3 Å². The average molecular weight is 424 g/mol. The largest absolute Gasteiger partial charge is 0.482 e. The number of hydrogen-bond acceptors (Lipinski definition) is 6. The number of aromatic nitrogens is 1. The van der Waals surface area contributed by atoms with Crippen LogP contribution in [0.1, 0.15) is 0 Å². The van der Waals surface area contributed by atoms with E-state index < -0.39 is 10.8 Å². The van der Waals surface area contributed by atoms with Crippen LogP contribution in [-0.2, 0) is 4.79 Å². The standard InChI is InChI=1S/C17H11Cl2N3O4S/c18-11-3-6-15(13(19)7-11)26-8-16(23)21-17-20-14(9-27-17)10-1-4-12(5-2-10)22(24)25/h1-7,9H,8H2,(H,20,21,23). The summed E-state index contributed by atoms with van der Waals surface area (Å²) < 4.78 is 5.36. The van der Waals surface area contributed by atoms with Crippen LogP contribution < -0.4 is 10.1 Å². The van der Waals surface area contributed by atoms with Crippen molar-refractivity contribution in [1.82, 2.24) is 4.98 Å². The highest BCUT2D eigenvalue weighted by Gasteiger charge is 2.11. The van der Waals surface area contributed by atoms with E-state index in [-0.39, 0.29) is 12.3 Å². The molecule has 138 valence electrons. The first-order valence-corrected chi connectivity index (χ1v) is 9.14. The molecule has 2 aromatic carbocycles. The second-order valence-electron chi connectivity index (χ2n) is 5.25. The molecule has 1 N–H and O–H groups in total. The second kappa shape index (κ2) is 8.34. The van der Waals surface area contributed by atoms with Gasteiger partial charge in [-0.1, -0.05) is 23.2 Å². The predicted octanol–water partition coefficient (Wildman–Crippen LogP) is 5.04. The normalized spacial score (nSPS) is 10.4. The second-order valence-corrected chi connectivity index (χ2v) is 6.96. The third-order valence-electron chi connectivity index (χ3n) is 3.38. The lowest BCUT2D eigenvalue weighted by Crippen LogP contribution is -2.20. The van der Waals surface area contributed by atoms with E-state index in [1.807, 2.05) is 0 Å². The molecule has 1 heterocycles. The first-order valence-electron chi connectivity index (χ1n) is 7.50. The van der Waals surface area contributed by atoms with E-state index in [9.17, 15) is 14.9 Å². The number of nitro benzene ring substituents is 1. The van der Waals surface area contributed by atoms with Gasteiger partial charge < -0.3 is 4.74 Å². The molecule has 27 heavy (non-hydrogen) atoms. The maximum absolute atomic E-state index is 12.0. The molecule has 10 heteroatoms. The minimum atomic E-state index is -0.469. The summed E-state index contributed by atoms with van der Waals surface area (Å²) in [5.41, 5.74) is 1.31. The molecular formula is C17H11Cl2N3O4S. The van der Waals surface area contributed by atoms with Crippen LogP contribution in [0.25, 0.3) is 11.3 Å². The van der Waals surface area contributed by atoms with Gasteiger partial charge in [0, 0.05) is 28.1 Å². The van der Waals surface area contributed by atoms with E-state index in [2.05, 4.69) is 10.3 Å². The number of hydrogen-bond donors (Lipinski definition) is 1. The van der Waals surface area contributed by atoms with E-state index in [4.69, 9.17) is 27.9 Å². The minimum absolute atomic E-state index is 0.000477. The average Bonchev–Trinajstić information content (AvgIpc) is 3.09. The molecule has 0 radical (unpaired) electrons. The summed E-state index contributed by atoms with van der Waals surface area (Å²) >= 11 is 13.0. The van der Waals surface area contributed by atoms with Gasteiger partial charge >= 0.3 is 0 Å². The molecule has 0 aliphatic carbocycles. The molecule has 0 atom stereocenters. The zero-order chi connectivity index (χ0) is 19.4. The Kier molecular flexibility index (Phi) is 5.90. The van der Waals surface area contributed by atoms with E-state index in [0.717, 1.165) is 0 Å². The third-order valence-corrected chi connectivity index (χ3v) is 4.67. The summed E-state index contributed by atoms with van der Waals surface area (Å²) in [6, 6.07) is 10.7. The lowest BCUT2D eigenvalue weighted by molar-refractivity contribution is -0.384. The summed E-state index contributed by atoms with van der Waals surface area (Å²) in [7, 11) is 0. The van der Waals surface area contributed by atoms with E-state index in [1.165, 1.54) is 29.5 Å². The van der Waals surface area contributed by atoms with Gasteiger partial charge in [0.25, 0.3) is 11.6 Å². The molecule has 0 spiro atoms. The van der Waals surface area contributed by atoms with Crippen LogP contribution in [0.4, 0.5) is 10.8 Å². The highest BCUT2D eigenvalue weighted by Crippen LogP contribution is 2.28. The Balaban J connectivity index is 1.59. The number of nitrogens with zero attached hydrogens (tertiary/aromatic N) is 2. The lowest BCUT2D eigenvalue weighted by atomic mass is 10.1. The van der Waals surface area contributed by atoms with Gasteiger partial charge in [-0.3, -0.25) is 20.2 Å². The van der Waals surface area contributed by atoms with Crippen LogP contribution in [0.5, 0.6) is 5.75 Å². The van der Waals surface area contributed by atoms with Crippen LogP contribution in [0, 0.1) is 10.1 Å². The van der Waals surface area contributed by atoms with Gasteiger partial charge in [-0.25, -0.2) is 4.98 Å². The van der Waals surface area contributed by atoms with Crippen LogP contribution in [0.15, 0.2) is 47.8 Å². The Hall–Kier alpha value is -2.68. The number of rotatable bonds is 6. The van der Waals surface area contributed by atoms with Crippen molar-refractivity contribution in [2.75, 3.05) is 11.9 Å². The van der Waals surface area contributed by atoms with Crippen LogP contribution in [0.3, 0.4) is 0 Å². The maximum atomic E-state index is 12.0. The van der Waals surface area contributed by atoms with Gasteiger partial charge in [0.05, 0.1) is 15.6 Å². The smallest absolute Gasteiger partial charge is 0.269 e. The summed E-state index contributed by atoms with van der Waals surface area (Å²) in [6.07, 6.45) is 0. The molecule has 3 aromatic rings. The number of nitro groups is 1. The summed E-state index contributed by atoms with van der Waals surface area (Å²) in [4.78, 5) is 26.5. The number of ether oxygens (including phenoxy) is 1. The van der Waals surface area contributed by atoms with Crippen LogP contribution in [-0.4, -0.2) is 22.4 Å². The van der Waals surface area contributed by atoms with Crippen molar-refractivity contribution in [2.24, 2.45) is 0 Å². The van der Waals surface area contributed by atoms with Gasteiger partial charge in [-0.2, -0.15) is 0 Å². The van der Waals surface area contributed by atoms with Gasteiger partial charge in [-0.05, 0) is 30.3 Å². The molecular weight excluding hydrogens is 413 g/mol. The van der Waals surface area contributed by atoms with E-state index >= 15 is 0 Å². The Labute approximate surface area is 167 Å². The Bertz CT molecular complexity index is 992. The number of nitrogens with one attached hydrogen (secondary N) is 1. The van der Waals surface area contributed by atoms with Gasteiger partial charge in [0.2, 0.25) is 0 Å². The van der Waals surface area contributed by atoms with Gasteiger partial charge in [-0.15, -0.1) is 11.3 Å². The molecule has 0 saturated carbocycles. The summed E-state index contributed by atoms with van der Waals surface area (Å²) in [5.74, 6) is -0.0486. The highest BCUT2D eigenvalue weighted by atomic mass is 35.5. The summed E-state index contributed by atoms with van der Waals surface area (Å²) in [5, 5.41) is 16.2. The zero-order valence-corrected chi connectivity index (χ0v) is 15.8. The Morgan fingerprint density at radius 2 is 1.96 bits per heavy atom. The number of halogens is 2. The number of thiazole rings is 1. The molecule has 0 bridgehead atoms. The van der Waals surface area contributed by atoms with Crippen LogP contribution >= 0.6 is 34.5 Å². The Morgan fingerprint density at radius 1 is 1.22 bits per heavy atom. The molecule has 1 amide bonds. The number of amides is 1. The Morgan fingerprint density at radius 3 is 2.63 bits per heavy atom. The van der Waals surface area contributed by atoms with Gasteiger partial charge in [0.15, 0.2) is 11.7 Å². The molecule has 0 aliphatic rings. The first-order chi connectivity index (χ1) is 12.9. The monoisotopic (exact) mass is 423 g/mol. The third kappa shape index (κ3) is 4.94. The van der Waals surface area contributed by atoms with Crippen molar-refractivity contribution in [2.45, 2.75) is 0 Å². The number of anilines is 1.